The van der Waals surface area contributed by atoms with Crippen molar-refractivity contribution < 1.29 is 4.39 Å². The number of rotatable bonds is 5. The predicted octanol–water partition coefficient (Wildman–Crippen LogP) is 4.28. The minimum absolute atomic E-state index is 0.150. The highest BCUT2D eigenvalue weighted by Gasteiger charge is 2.38. The van der Waals surface area contributed by atoms with E-state index in [-0.39, 0.29) is 17.1 Å². The van der Waals surface area contributed by atoms with Crippen molar-refractivity contribution in [3.8, 4) is 11.3 Å². The fourth-order valence-electron chi connectivity index (χ4n) is 6.10. The first-order valence-corrected chi connectivity index (χ1v) is 13.2. The van der Waals surface area contributed by atoms with Crippen LogP contribution in [0.15, 0.2) is 36.8 Å². The smallest absolute Gasteiger partial charge is 0.229 e. The van der Waals surface area contributed by atoms with Gasteiger partial charge in [0.25, 0.3) is 0 Å². The molecule has 198 valence electrons. The Morgan fingerprint density at radius 1 is 1.00 bits per heavy atom. The first kappa shape index (κ1) is 24.8. The lowest BCUT2D eigenvalue weighted by atomic mass is 9.89. The second kappa shape index (κ2) is 9.36. The Bertz CT molecular complexity index is 1460. The molecule has 6 heterocycles. The first-order chi connectivity index (χ1) is 18.2. The lowest BCUT2D eigenvalue weighted by Crippen LogP contribution is -2.51. The van der Waals surface area contributed by atoms with E-state index in [0.717, 1.165) is 30.7 Å². The molecule has 0 amide bonds. The standard InChI is InChI=1S/C28H34FN9/c1-28(2,3)25-21-10-18(12-31-26(21)35-37(25)5)24-22(29)13-32-27(34-24)33-23-9-6-17(11-30-23)14-38-19-7-8-20(38)16-36(4)15-19/h6,9-13,19-20H,7-8,14-16H2,1-5H3,(H,30,32,33,34). The van der Waals surface area contributed by atoms with E-state index in [1.165, 1.54) is 24.6 Å². The molecule has 4 aromatic heterocycles. The Kier molecular flexibility index (Phi) is 6.11. The summed E-state index contributed by atoms with van der Waals surface area (Å²) in [7, 11) is 4.12. The highest BCUT2D eigenvalue weighted by atomic mass is 19.1. The van der Waals surface area contributed by atoms with Crippen molar-refractivity contribution in [3.63, 3.8) is 0 Å². The number of hydrogen-bond acceptors (Lipinski definition) is 8. The Labute approximate surface area is 222 Å². The van der Waals surface area contributed by atoms with E-state index >= 15 is 0 Å². The quantitative estimate of drug-likeness (QED) is 0.422. The fourth-order valence-corrected chi connectivity index (χ4v) is 6.10. The minimum Gasteiger partial charge on any atom is -0.309 e. The molecule has 0 saturated carbocycles. The summed E-state index contributed by atoms with van der Waals surface area (Å²) in [6.45, 7) is 9.54. The molecule has 2 fully saturated rings. The fraction of sp³-hybridized carbons (Fsp3) is 0.464. The zero-order valence-electron chi connectivity index (χ0n) is 22.6. The zero-order chi connectivity index (χ0) is 26.6. The SMILES string of the molecule is CN1CC2CCC(C1)N2Cc1ccc(Nc2ncc(F)c(-c3cnc4nn(C)c(C(C)(C)C)c4c3)n2)nc1. The van der Waals surface area contributed by atoms with Gasteiger partial charge in [-0.2, -0.15) is 5.10 Å². The lowest BCUT2D eigenvalue weighted by Gasteiger charge is -2.39. The van der Waals surface area contributed by atoms with Crippen LogP contribution in [0.25, 0.3) is 22.3 Å². The van der Waals surface area contributed by atoms with E-state index < -0.39 is 5.82 Å². The maximum Gasteiger partial charge on any atom is 0.229 e. The van der Waals surface area contributed by atoms with Gasteiger partial charge in [-0.25, -0.2) is 24.3 Å². The largest absolute Gasteiger partial charge is 0.309 e. The van der Waals surface area contributed by atoms with E-state index in [1.807, 2.05) is 30.1 Å². The van der Waals surface area contributed by atoms with Gasteiger partial charge in [0.15, 0.2) is 11.5 Å². The van der Waals surface area contributed by atoms with Gasteiger partial charge in [0, 0.05) is 67.5 Å². The third-order valence-corrected chi connectivity index (χ3v) is 7.66. The number of likely N-dealkylation sites (tertiary alicyclic amines) is 1. The van der Waals surface area contributed by atoms with Crippen LogP contribution in [-0.4, -0.2) is 71.7 Å². The molecule has 1 N–H and O–H groups in total. The van der Waals surface area contributed by atoms with Gasteiger partial charge in [-0.3, -0.25) is 9.58 Å². The van der Waals surface area contributed by atoms with Gasteiger partial charge in [-0.1, -0.05) is 26.8 Å². The molecule has 2 saturated heterocycles. The normalized spacial score (nSPS) is 20.4. The van der Waals surface area contributed by atoms with Gasteiger partial charge in [0.2, 0.25) is 5.95 Å². The Hall–Kier alpha value is -3.50. The number of fused-ring (bicyclic) bond motifs is 3. The average molecular weight is 516 g/mol. The summed E-state index contributed by atoms with van der Waals surface area (Å²) < 4.78 is 16.7. The molecule has 0 aliphatic carbocycles. The molecule has 10 heteroatoms. The molecule has 2 aliphatic heterocycles. The molecule has 38 heavy (non-hydrogen) atoms. The first-order valence-electron chi connectivity index (χ1n) is 13.2. The van der Waals surface area contributed by atoms with Gasteiger partial charge in [0.1, 0.15) is 11.5 Å². The number of anilines is 2. The second-order valence-electron chi connectivity index (χ2n) is 11.7. The van der Waals surface area contributed by atoms with Crippen LogP contribution in [0.4, 0.5) is 16.2 Å². The van der Waals surface area contributed by atoms with Crippen LogP contribution in [0.2, 0.25) is 0 Å². The van der Waals surface area contributed by atoms with Crippen LogP contribution < -0.4 is 5.32 Å². The molecule has 9 nitrogen and oxygen atoms in total. The number of nitrogens with one attached hydrogen (secondary N) is 1. The Balaban J connectivity index is 1.22. The topological polar surface area (TPSA) is 87.9 Å². The van der Waals surface area contributed by atoms with Crippen molar-refractivity contribution in [2.24, 2.45) is 7.05 Å². The Morgan fingerprint density at radius 2 is 1.76 bits per heavy atom. The number of nitrogens with zero attached hydrogens (tertiary/aromatic N) is 8. The van der Waals surface area contributed by atoms with Crippen LogP contribution in [0.3, 0.4) is 0 Å². The summed E-state index contributed by atoms with van der Waals surface area (Å²) in [6.07, 6.45) is 7.23. The van der Waals surface area contributed by atoms with Crippen molar-refractivity contribution in [1.29, 1.82) is 0 Å². The third kappa shape index (κ3) is 4.63. The molecular formula is C28H34FN9. The summed E-state index contributed by atoms with van der Waals surface area (Å²) in [6, 6.07) is 7.18. The maximum atomic E-state index is 14.9. The highest BCUT2D eigenvalue weighted by molar-refractivity contribution is 5.83. The van der Waals surface area contributed by atoms with Gasteiger partial charge in [0.05, 0.1) is 11.9 Å². The van der Waals surface area contributed by atoms with Crippen molar-refractivity contribution in [2.75, 3.05) is 25.5 Å². The van der Waals surface area contributed by atoms with Crippen LogP contribution in [0.5, 0.6) is 0 Å². The molecule has 2 unspecified atom stereocenters. The van der Waals surface area contributed by atoms with Gasteiger partial charge in [-0.05, 0) is 37.6 Å². The lowest BCUT2D eigenvalue weighted by molar-refractivity contribution is 0.0759. The number of pyridine rings is 2. The molecule has 2 bridgehead atoms. The number of piperazine rings is 1. The number of aromatic nitrogens is 6. The van der Waals surface area contributed by atoms with Crippen molar-refractivity contribution in [2.45, 2.75) is 57.7 Å². The van der Waals surface area contributed by atoms with Gasteiger partial charge < -0.3 is 10.2 Å². The number of likely N-dealkylation sites (N-methyl/N-ethyl adjacent to an activating group) is 1. The van der Waals surface area contributed by atoms with Crippen molar-refractivity contribution in [3.05, 3.63) is 53.9 Å². The zero-order valence-corrected chi connectivity index (χ0v) is 22.6. The van der Waals surface area contributed by atoms with E-state index in [1.54, 1.807) is 6.20 Å². The Morgan fingerprint density at radius 3 is 2.45 bits per heavy atom. The molecule has 0 radical (unpaired) electrons. The van der Waals surface area contributed by atoms with E-state index in [2.05, 4.69) is 74.0 Å². The molecule has 6 rings (SSSR count). The summed E-state index contributed by atoms with van der Waals surface area (Å²) in [5, 5.41) is 8.54. The highest BCUT2D eigenvalue weighted by Crippen LogP contribution is 2.33. The number of aryl methyl sites for hydroxylation is 1. The van der Waals surface area contributed by atoms with Crippen LogP contribution in [-0.2, 0) is 19.0 Å². The van der Waals surface area contributed by atoms with Crippen molar-refractivity contribution >= 4 is 22.8 Å². The molecule has 2 aliphatic rings. The van der Waals surface area contributed by atoms with Crippen molar-refractivity contribution in [1.82, 2.24) is 39.5 Å². The summed E-state index contributed by atoms with van der Waals surface area (Å²) in [5.74, 6) is 0.382. The van der Waals surface area contributed by atoms with Crippen LogP contribution in [0.1, 0.15) is 44.9 Å². The number of hydrogen-bond donors (Lipinski definition) is 1. The maximum absolute atomic E-state index is 14.9. The van der Waals surface area contributed by atoms with Gasteiger partial charge in [-0.15, -0.1) is 0 Å². The average Bonchev–Trinajstić information content (AvgIpc) is 3.32. The molecule has 2 atom stereocenters. The minimum atomic E-state index is -0.511. The molecular weight excluding hydrogens is 481 g/mol. The summed E-state index contributed by atoms with van der Waals surface area (Å²) in [5.41, 5.74) is 3.45. The van der Waals surface area contributed by atoms with E-state index in [9.17, 15) is 4.39 Å². The van der Waals surface area contributed by atoms with Crippen LogP contribution in [0, 0.1) is 5.82 Å². The molecule has 0 aromatic carbocycles. The molecule has 0 spiro atoms. The molecule has 4 aromatic rings. The van der Waals surface area contributed by atoms with E-state index in [0.29, 0.717) is 29.1 Å². The predicted molar refractivity (Wildman–Crippen MR) is 146 cm³/mol. The summed E-state index contributed by atoms with van der Waals surface area (Å²) in [4.78, 5) is 22.8. The monoisotopic (exact) mass is 515 g/mol. The number of halogens is 1. The summed E-state index contributed by atoms with van der Waals surface area (Å²) >= 11 is 0. The second-order valence-corrected chi connectivity index (χ2v) is 11.7. The van der Waals surface area contributed by atoms with E-state index in [4.69, 9.17) is 0 Å². The third-order valence-electron chi connectivity index (χ3n) is 7.66. The van der Waals surface area contributed by atoms with Gasteiger partial charge >= 0.3 is 0 Å². The van der Waals surface area contributed by atoms with Crippen LogP contribution >= 0.6 is 0 Å².